The predicted molar refractivity (Wildman–Crippen MR) is 119 cm³/mol. The van der Waals surface area contributed by atoms with Gasteiger partial charge >= 0.3 is 17.9 Å². The number of para-hydroxylation sites is 1. The molecule has 0 bridgehead atoms. The number of carbonyl (C=O) groups is 4. The first kappa shape index (κ1) is 23.5. The number of nitrogens with zero attached hydrogens (tertiary/aromatic N) is 2. The molecule has 0 saturated carbocycles. The molecule has 1 atom stereocenters. The first-order valence-electron chi connectivity index (χ1n) is 10.2. The molecule has 2 aromatic carbocycles. The first-order chi connectivity index (χ1) is 15.6. The number of fused-ring (bicyclic) bond motifs is 1. The summed E-state index contributed by atoms with van der Waals surface area (Å²) in [6, 6.07) is 11.4. The van der Waals surface area contributed by atoms with Gasteiger partial charge in [0.1, 0.15) is 6.04 Å². The second kappa shape index (κ2) is 9.56. The number of aromatic carboxylic acids is 2. The summed E-state index contributed by atoms with van der Waals surface area (Å²) in [5, 5.41) is 27.4. The van der Waals surface area contributed by atoms with Gasteiger partial charge < -0.3 is 24.8 Å². The van der Waals surface area contributed by atoms with Crippen molar-refractivity contribution in [2.75, 3.05) is 6.54 Å². The lowest BCUT2D eigenvalue weighted by molar-refractivity contribution is -0.156. The summed E-state index contributed by atoms with van der Waals surface area (Å²) in [7, 11) is 1.94. The molecule has 1 aliphatic rings. The van der Waals surface area contributed by atoms with Gasteiger partial charge in [0.2, 0.25) is 5.91 Å². The maximum absolute atomic E-state index is 12.2. The van der Waals surface area contributed by atoms with E-state index in [1.54, 1.807) is 0 Å². The van der Waals surface area contributed by atoms with E-state index in [0.717, 1.165) is 16.5 Å². The summed E-state index contributed by atoms with van der Waals surface area (Å²) < 4.78 is 1.99. The van der Waals surface area contributed by atoms with Crippen LogP contribution < -0.4 is 0 Å². The number of aliphatic carboxylic acids is 1. The molecule has 3 aromatic rings. The number of hydrogen-bond acceptors (Lipinski definition) is 4. The van der Waals surface area contributed by atoms with Crippen molar-refractivity contribution in [3.05, 3.63) is 70.9 Å². The van der Waals surface area contributed by atoms with Crippen molar-refractivity contribution in [2.24, 2.45) is 7.05 Å². The molecule has 0 spiro atoms. The molecular formula is C24H24N2O7. The fourth-order valence-corrected chi connectivity index (χ4v) is 3.87. The molecular weight excluding hydrogens is 428 g/mol. The Bertz CT molecular complexity index is 1210. The molecule has 1 unspecified atom stereocenters. The highest BCUT2D eigenvalue weighted by atomic mass is 16.4. The van der Waals surface area contributed by atoms with Gasteiger partial charge in [-0.05, 0) is 42.7 Å². The van der Waals surface area contributed by atoms with Crippen LogP contribution in [0.1, 0.15) is 38.3 Å². The number of rotatable bonds is 5. The number of aromatic nitrogens is 1. The van der Waals surface area contributed by atoms with E-state index in [9.17, 15) is 19.2 Å². The summed E-state index contributed by atoms with van der Waals surface area (Å²) >= 11 is 0. The number of carbonyl (C=O) groups excluding carboxylic acids is 1. The molecule has 4 rings (SSSR count). The molecule has 0 radical (unpaired) electrons. The van der Waals surface area contributed by atoms with Crippen LogP contribution in [0.25, 0.3) is 10.9 Å². The van der Waals surface area contributed by atoms with E-state index in [-0.39, 0.29) is 29.0 Å². The molecule has 1 amide bonds. The molecule has 0 aliphatic carbocycles. The number of benzene rings is 2. The Morgan fingerprint density at radius 2 is 1.55 bits per heavy atom. The third kappa shape index (κ3) is 4.87. The van der Waals surface area contributed by atoms with Gasteiger partial charge in [0, 0.05) is 30.7 Å². The van der Waals surface area contributed by atoms with Gasteiger partial charge in [0.15, 0.2) is 0 Å². The van der Waals surface area contributed by atoms with E-state index in [0.29, 0.717) is 13.0 Å². The van der Waals surface area contributed by atoms with E-state index in [1.807, 2.05) is 42.1 Å². The molecule has 3 N–H and O–H groups in total. The van der Waals surface area contributed by atoms with Crippen LogP contribution in [0.15, 0.2) is 48.7 Å². The van der Waals surface area contributed by atoms with Gasteiger partial charge in [0.25, 0.3) is 0 Å². The summed E-state index contributed by atoms with van der Waals surface area (Å²) in [5.74, 6) is -3.25. The van der Waals surface area contributed by atoms with Gasteiger partial charge in [-0.1, -0.05) is 24.3 Å². The SMILES string of the molecule is Cc1c(C(=O)O)cccc1C(=O)O.Cn1cc(CC(=O)N2CCC2C(=O)O)c2ccccc21. The standard InChI is InChI=1S/C15H16N2O3.C9H8O4/c1-16-9-10(11-4-2-3-5-12(11)16)8-14(18)17-7-6-13(17)15(19)20;1-5-6(8(10)11)3-2-4-7(5)9(12)13/h2-5,9,13H,6-8H2,1H3,(H,19,20);2-4H,1H3,(H,10,11)(H,12,13). The van der Waals surface area contributed by atoms with E-state index in [1.165, 1.54) is 30.0 Å². The number of aryl methyl sites for hydroxylation is 1. The number of hydrogen-bond donors (Lipinski definition) is 3. The minimum atomic E-state index is -1.11. The largest absolute Gasteiger partial charge is 0.480 e. The smallest absolute Gasteiger partial charge is 0.335 e. The van der Waals surface area contributed by atoms with Gasteiger partial charge in [-0.25, -0.2) is 14.4 Å². The summed E-state index contributed by atoms with van der Waals surface area (Å²) in [4.78, 5) is 45.8. The second-order valence-corrected chi connectivity index (χ2v) is 7.78. The highest BCUT2D eigenvalue weighted by molar-refractivity contribution is 5.96. The zero-order valence-corrected chi connectivity index (χ0v) is 18.2. The molecule has 9 nitrogen and oxygen atoms in total. The molecule has 9 heteroatoms. The summed E-state index contributed by atoms with van der Waals surface area (Å²) in [6.45, 7) is 2.02. The lowest BCUT2D eigenvalue weighted by Crippen LogP contribution is -2.55. The Hall–Kier alpha value is -4.14. The highest BCUT2D eigenvalue weighted by Gasteiger charge is 2.37. The Labute approximate surface area is 189 Å². The van der Waals surface area contributed by atoms with Crippen LogP contribution in [0, 0.1) is 6.92 Å². The fraction of sp³-hybridized carbons (Fsp3) is 0.250. The maximum Gasteiger partial charge on any atom is 0.335 e. The van der Waals surface area contributed by atoms with E-state index in [2.05, 4.69) is 0 Å². The zero-order chi connectivity index (χ0) is 24.3. The number of carboxylic acids is 3. The third-order valence-corrected chi connectivity index (χ3v) is 5.74. The van der Waals surface area contributed by atoms with Crippen LogP contribution in [-0.4, -0.2) is 61.2 Å². The topological polar surface area (TPSA) is 137 Å². The van der Waals surface area contributed by atoms with Crippen LogP contribution in [0.3, 0.4) is 0 Å². The molecule has 1 aromatic heterocycles. The monoisotopic (exact) mass is 452 g/mol. The van der Waals surface area contributed by atoms with Crippen molar-refractivity contribution in [3.8, 4) is 0 Å². The third-order valence-electron chi connectivity index (χ3n) is 5.74. The summed E-state index contributed by atoms with van der Waals surface area (Å²) in [5.41, 5.74) is 2.36. The van der Waals surface area contributed by atoms with Crippen molar-refractivity contribution >= 4 is 34.7 Å². The Balaban J connectivity index is 0.000000205. The van der Waals surface area contributed by atoms with Crippen molar-refractivity contribution in [1.82, 2.24) is 9.47 Å². The normalized spacial score (nSPS) is 14.7. The summed E-state index contributed by atoms with van der Waals surface area (Å²) in [6.07, 6.45) is 2.75. The average molecular weight is 452 g/mol. The van der Waals surface area contributed by atoms with Crippen LogP contribution in [0.2, 0.25) is 0 Å². The van der Waals surface area contributed by atoms with Crippen molar-refractivity contribution in [2.45, 2.75) is 25.8 Å². The van der Waals surface area contributed by atoms with Gasteiger partial charge in [0.05, 0.1) is 17.5 Å². The molecule has 2 heterocycles. The first-order valence-corrected chi connectivity index (χ1v) is 10.2. The maximum atomic E-state index is 12.2. The van der Waals surface area contributed by atoms with Crippen LogP contribution in [0.4, 0.5) is 0 Å². The van der Waals surface area contributed by atoms with Gasteiger partial charge in [-0.2, -0.15) is 0 Å². The molecule has 33 heavy (non-hydrogen) atoms. The van der Waals surface area contributed by atoms with Crippen molar-refractivity contribution in [1.29, 1.82) is 0 Å². The van der Waals surface area contributed by atoms with Gasteiger partial charge in [-0.15, -0.1) is 0 Å². The molecule has 1 fully saturated rings. The Kier molecular flexibility index (Phi) is 6.81. The molecule has 1 aliphatic heterocycles. The lowest BCUT2D eigenvalue weighted by atomic mass is 10.0. The van der Waals surface area contributed by atoms with Crippen molar-refractivity contribution in [3.63, 3.8) is 0 Å². The highest BCUT2D eigenvalue weighted by Crippen LogP contribution is 2.24. The minimum Gasteiger partial charge on any atom is -0.480 e. The van der Waals surface area contributed by atoms with Crippen LogP contribution in [0.5, 0.6) is 0 Å². The minimum absolute atomic E-state index is 0.0277. The van der Waals surface area contributed by atoms with E-state index < -0.39 is 23.9 Å². The Morgan fingerprint density at radius 1 is 0.939 bits per heavy atom. The fourth-order valence-electron chi connectivity index (χ4n) is 3.87. The number of carboxylic acid groups (broad SMARTS) is 3. The average Bonchev–Trinajstić information content (AvgIpc) is 3.02. The van der Waals surface area contributed by atoms with Crippen LogP contribution >= 0.6 is 0 Å². The molecule has 1 saturated heterocycles. The number of amides is 1. The zero-order valence-electron chi connectivity index (χ0n) is 18.2. The van der Waals surface area contributed by atoms with E-state index >= 15 is 0 Å². The predicted octanol–water partition coefficient (Wildman–Crippen LogP) is 2.80. The number of likely N-dealkylation sites (tertiary alicyclic amines) is 1. The van der Waals surface area contributed by atoms with Gasteiger partial charge in [-0.3, -0.25) is 4.79 Å². The Morgan fingerprint density at radius 3 is 2.06 bits per heavy atom. The second-order valence-electron chi connectivity index (χ2n) is 7.78. The lowest BCUT2D eigenvalue weighted by Gasteiger charge is -2.38. The van der Waals surface area contributed by atoms with E-state index in [4.69, 9.17) is 15.3 Å². The molecule has 172 valence electrons. The van der Waals surface area contributed by atoms with Crippen LogP contribution in [-0.2, 0) is 23.1 Å². The van der Waals surface area contributed by atoms with Crippen molar-refractivity contribution < 1.29 is 34.5 Å². The quantitative estimate of drug-likeness (QED) is 0.541.